The summed E-state index contributed by atoms with van der Waals surface area (Å²) in [5.74, 6) is 0. The third kappa shape index (κ3) is 1.20. The van der Waals surface area contributed by atoms with Gasteiger partial charge in [0.2, 0.25) is 0 Å². The normalized spacial score (nSPS) is 17.6. The lowest BCUT2D eigenvalue weighted by Gasteiger charge is -1.97. The van der Waals surface area contributed by atoms with Crippen molar-refractivity contribution < 1.29 is 10.2 Å². The van der Waals surface area contributed by atoms with E-state index in [1.54, 1.807) is 0 Å². The summed E-state index contributed by atoms with van der Waals surface area (Å²) in [6.07, 6.45) is 4.59. The molecule has 2 nitrogen and oxygen atoms in total. The van der Waals surface area contributed by atoms with E-state index in [2.05, 4.69) is 0 Å². The second-order valence-electron chi connectivity index (χ2n) is 2.05. The maximum atomic E-state index is 8.66. The molecule has 2 N–H and O–H groups in total. The van der Waals surface area contributed by atoms with Crippen LogP contribution in [-0.2, 0) is 0 Å². The predicted molar refractivity (Wildman–Crippen MR) is 35.0 cm³/mol. The van der Waals surface area contributed by atoms with Gasteiger partial charge in [0, 0.05) is 0 Å². The van der Waals surface area contributed by atoms with Crippen LogP contribution in [0.25, 0.3) is 0 Å². The van der Waals surface area contributed by atoms with Gasteiger partial charge in [-0.25, -0.2) is 0 Å². The fraction of sp³-hybridized carbons (Fsp3) is 0.429. The van der Waals surface area contributed by atoms with Crippen LogP contribution in [0.2, 0.25) is 0 Å². The van der Waals surface area contributed by atoms with Crippen molar-refractivity contribution >= 4 is 0 Å². The van der Waals surface area contributed by atoms with Crippen molar-refractivity contribution in [1.29, 1.82) is 0 Å². The highest BCUT2D eigenvalue weighted by Crippen LogP contribution is 2.16. The van der Waals surface area contributed by atoms with E-state index in [1.807, 2.05) is 12.2 Å². The Kier molecular flexibility index (Phi) is 2.03. The average molecular weight is 126 g/mol. The van der Waals surface area contributed by atoms with Crippen LogP contribution in [0, 0.1) is 0 Å². The summed E-state index contributed by atoms with van der Waals surface area (Å²) in [7, 11) is 0. The second-order valence-corrected chi connectivity index (χ2v) is 2.05. The number of aliphatic hydroxyl groups is 2. The van der Waals surface area contributed by atoms with Gasteiger partial charge < -0.3 is 10.2 Å². The molecule has 0 bridgehead atoms. The SMILES string of the molecule is OCC1=C(CO)CC=C1. The molecule has 0 aromatic heterocycles. The molecular weight excluding hydrogens is 116 g/mol. The molecular formula is C7H10O2. The van der Waals surface area contributed by atoms with Gasteiger partial charge in [0.25, 0.3) is 0 Å². The molecule has 1 rings (SSSR count). The highest BCUT2D eigenvalue weighted by atomic mass is 16.3. The molecule has 1 aliphatic carbocycles. The van der Waals surface area contributed by atoms with Crippen molar-refractivity contribution in [3.05, 3.63) is 23.3 Å². The fourth-order valence-corrected chi connectivity index (χ4v) is 0.923. The number of hydrogen-bond acceptors (Lipinski definition) is 2. The van der Waals surface area contributed by atoms with Crippen molar-refractivity contribution in [2.75, 3.05) is 13.2 Å². The molecule has 9 heavy (non-hydrogen) atoms. The van der Waals surface area contributed by atoms with Crippen LogP contribution < -0.4 is 0 Å². The van der Waals surface area contributed by atoms with Gasteiger partial charge in [-0.05, 0) is 17.6 Å². The Labute approximate surface area is 54.1 Å². The first-order valence-corrected chi connectivity index (χ1v) is 2.97. The molecule has 0 radical (unpaired) electrons. The Morgan fingerprint density at radius 2 is 2.11 bits per heavy atom. The third-order valence-electron chi connectivity index (χ3n) is 1.50. The Balaban J connectivity index is 2.67. The molecule has 0 unspecified atom stereocenters. The summed E-state index contributed by atoms with van der Waals surface area (Å²) in [6.45, 7) is 0.120. The Morgan fingerprint density at radius 1 is 1.33 bits per heavy atom. The first kappa shape index (κ1) is 6.52. The topological polar surface area (TPSA) is 40.5 Å². The summed E-state index contributed by atoms with van der Waals surface area (Å²) in [4.78, 5) is 0. The quantitative estimate of drug-likeness (QED) is 0.556. The maximum absolute atomic E-state index is 8.66. The lowest BCUT2D eigenvalue weighted by Crippen LogP contribution is -1.93. The first-order valence-electron chi connectivity index (χ1n) is 2.97. The molecule has 0 amide bonds. The number of allylic oxidation sites excluding steroid dienone is 1. The molecule has 0 saturated heterocycles. The van der Waals surface area contributed by atoms with Gasteiger partial charge in [0.1, 0.15) is 0 Å². The maximum Gasteiger partial charge on any atom is 0.0682 e. The van der Waals surface area contributed by atoms with E-state index in [-0.39, 0.29) is 13.2 Å². The molecule has 0 aliphatic heterocycles. The predicted octanol–water partition coefficient (Wildman–Crippen LogP) is 0.227. The van der Waals surface area contributed by atoms with E-state index in [4.69, 9.17) is 10.2 Å². The van der Waals surface area contributed by atoms with Crippen LogP contribution in [0.3, 0.4) is 0 Å². The number of hydrogen-bond donors (Lipinski definition) is 2. The smallest absolute Gasteiger partial charge is 0.0682 e. The van der Waals surface area contributed by atoms with E-state index in [1.165, 1.54) is 0 Å². The molecule has 0 spiro atoms. The van der Waals surface area contributed by atoms with Gasteiger partial charge >= 0.3 is 0 Å². The van der Waals surface area contributed by atoms with E-state index in [9.17, 15) is 0 Å². The molecule has 0 saturated carbocycles. The standard InChI is InChI=1S/C7H10O2/c8-4-6-2-1-3-7(6)5-9/h1-2,8-9H,3-5H2. The Hall–Kier alpha value is -0.600. The number of aliphatic hydroxyl groups excluding tert-OH is 2. The van der Waals surface area contributed by atoms with Crippen LogP contribution in [-0.4, -0.2) is 23.4 Å². The molecule has 0 atom stereocenters. The molecule has 1 aliphatic rings. The summed E-state index contributed by atoms with van der Waals surface area (Å²) >= 11 is 0. The summed E-state index contributed by atoms with van der Waals surface area (Å²) < 4.78 is 0. The zero-order valence-corrected chi connectivity index (χ0v) is 5.17. The van der Waals surface area contributed by atoms with Gasteiger partial charge in [0.15, 0.2) is 0 Å². The molecule has 0 aromatic rings. The third-order valence-corrected chi connectivity index (χ3v) is 1.50. The van der Waals surface area contributed by atoms with Crippen molar-refractivity contribution in [2.24, 2.45) is 0 Å². The molecule has 2 heteroatoms. The van der Waals surface area contributed by atoms with E-state index < -0.39 is 0 Å². The van der Waals surface area contributed by atoms with Crippen LogP contribution in [0.4, 0.5) is 0 Å². The zero-order valence-electron chi connectivity index (χ0n) is 5.17. The van der Waals surface area contributed by atoms with Crippen LogP contribution >= 0.6 is 0 Å². The van der Waals surface area contributed by atoms with Crippen molar-refractivity contribution in [3.8, 4) is 0 Å². The summed E-state index contributed by atoms with van der Waals surface area (Å²) in [5, 5.41) is 17.3. The van der Waals surface area contributed by atoms with Gasteiger partial charge in [-0.15, -0.1) is 0 Å². The first-order chi connectivity index (χ1) is 4.38. The highest BCUT2D eigenvalue weighted by molar-refractivity contribution is 5.34. The van der Waals surface area contributed by atoms with Crippen LogP contribution in [0.1, 0.15) is 6.42 Å². The van der Waals surface area contributed by atoms with Crippen molar-refractivity contribution in [1.82, 2.24) is 0 Å². The largest absolute Gasteiger partial charge is 0.392 e. The summed E-state index contributed by atoms with van der Waals surface area (Å²) in [6, 6.07) is 0. The second kappa shape index (κ2) is 2.80. The minimum absolute atomic E-state index is 0.0480. The minimum atomic E-state index is 0.0480. The summed E-state index contributed by atoms with van der Waals surface area (Å²) in [5.41, 5.74) is 1.81. The van der Waals surface area contributed by atoms with Crippen LogP contribution in [0.15, 0.2) is 23.3 Å². The van der Waals surface area contributed by atoms with E-state index in [0.717, 1.165) is 17.6 Å². The van der Waals surface area contributed by atoms with E-state index >= 15 is 0 Å². The van der Waals surface area contributed by atoms with Gasteiger partial charge in [-0.1, -0.05) is 12.2 Å². The highest BCUT2D eigenvalue weighted by Gasteiger charge is 2.05. The monoisotopic (exact) mass is 126 g/mol. The van der Waals surface area contributed by atoms with Crippen molar-refractivity contribution in [3.63, 3.8) is 0 Å². The Morgan fingerprint density at radius 3 is 2.56 bits per heavy atom. The molecule has 50 valence electrons. The molecule has 0 heterocycles. The van der Waals surface area contributed by atoms with Gasteiger partial charge in [-0.2, -0.15) is 0 Å². The Bertz CT molecular complexity index is 156. The minimum Gasteiger partial charge on any atom is -0.392 e. The average Bonchev–Trinajstić information content (AvgIpc) is 2.33. The fourth-order valence-electron chi connectivity index (χ4n) is 0.923. The van der Waals surface area contributed by atoms with Crippen molar-refractivity contribution in [2.45, 2.75) is 6.42 Å². The lowest BCUT2D eigenvalue weighted by molar-refractivity contribution is 0.314. The van der Waals surface area contributed by atoms with Crippen LogP contribution in [0.5, 0.6) is 0 Å². The number of rotatable bonds is 2. The lowest BCUT2D eigenvalue weighted by atomic mass is 10.2. The van der Waals surface area contributed by atoms with Gasteiger partial charge in [-0.3, -0.25) is 0 Å². The van der Waals surface area contributed by atoms with E-state index in [0.29, 0.717) is 0 Å². The molecule has 0 aromatic carbocycles. The molecule has 0 fully saturated rings. The van der Waals surface area contributed by atoms with Gasteiger partial charge in [0.05, 0.1) is 13.2 Å². The zero-order chi connectivity index (χ0) is 6.69.